The molecule has 0 saturated heterocycles. The molecule has 3 N–H and O–H groups in total. The highest BCUT2D eigenvalue weighted by Crippen LogP contribution is 2.33. The molecule has 8 nitrogen and oxygen atoms in total. The minimum Gasteiger partial charge on any atom is -0.443 e. The minimum absolute atomic E-state index is 0.180. The molecule has 37 heavy (non-hydrogen) atoms. The zero-order chi connectivity index (χ0) is 26.8. The number of hydrogen-bond acceptors (Lipinski definition) is 5. The number of ether oxygens (including phenoxy) is 1. The molecule has 2 aromatic carbocycles. The Kier molecular flexibility index (Phi) is 10.2. The van der Waals surface area contributed by atoms with Gasteiger partial charge in [0.1, 0.15) is 11.4 Å². The topological polar surface area (TPSA) is 99.8 Å². The van der Waals surface area contributed by atoms with Crippen molar-refractivity contribution >= 4 is 36.4 Å². The Morgan fingerprint density at radius 2 is 1.76 bits per heavy atom. The summed E-state index contributed by atoms with van der Waals surface area (Å²) in [5.74, 6) is 0.430. The van der Waals surface area contributed by atoms with E-state index in [-0.39, 0.29) is 11.8 Å². The molecule has 1 heterocycles. The SMILES string of the molecule is CC(C)(C)OC(=O)NSNC=O.O=C(Nc1ccc(C2CCCCC2)cc1)N1Cc2cccc(F)c2C1. The maximum absolute atomic E-state index is 13.8. The van der Waals surface area contributed by atoms with Crippen LogP contribution in [0.4, 0.5) is 19.7 Å². The van der Waals surface area contributed by atoms with E-state index in [1.54, 1.807) is 31.7 Å². The number of halogens is 1. The van der Waals surface area contributed by atoms with Crippen molar-refractivity contribution in [2.45, 2.75) is 77.5 Å². The highest BCUT2D eigenvalue weighted by Gasteiger charge is 2.25. The molecular formula is C27H35FN4O4S. The van der Waals surface area contributed by atoms with Gasteiger partial charge in [-0.25, -0.2) is 18.7 Å². The third kappa shape index (κ3) is 8.96. The first kappa shape index (κ1) is 28.3. The number of rotatable bonds is 5. The molecule has 1 fully saturated rings. The molecule has 0 atom stereocenters. The van der Waals surface area contributed by atoms with E-state index in [0.29, 0.717) is 31.0 Å². The zero-order valence-electron chi connectivity index (χ0n) is 21.5. The fourth-order valence-electron chi connectivity index (χ4n) is 4.40. The second kappa shape index (κ2) is 13.3. The Balaban J connectivity index is 0.000000270. The first-order chi connectivity index (χ1) is 17.7. The van der Waals surface area contributed by atoms with Crippen LogP contribution >= 0.6 is 12.1 Å². The zero-order valence-corrected chi connectivity index (χ0v) is 22.3. The molecule has 1 aliphatic heterocycles. The lowest BCUT2D eigenvalue weighted by molar-refractivity contribution is -0.107. The van der Waals surface area contributed by atoms with E-state index in [1.165, 1.54) is 43.7 Å². The molecule has 0 aromatic heterocycles. The van der Waals surface area contributed by atoms with Gasteiger partial charge in [0.2, 0.25) is 6.41 Å². The fraction of sp³-hybridized carbons (Fsp3) is 0.444. The standard InChI is InChI=1S/C21H23FN2O.C6H12N2O3S/c22-20-8-4-7-17-13-24(14-19(17)20)21(25)23-18-11-9-16(10-12-18)15-5-2-1-3-6-15;1-6(2,3)11-5(10)8-12-7-4-9/h4,7-12,15H,1-3,5-6,13-14H2,(H,23,25);4H,1-3H3,(H,7,9)(H,8,10). The Labute approximate surface area is 222 Å². The first-order valence-electron chi connectivity index (χ1n) is 12.4. The minimum atomic E-state index is -0.582. The molecule has 4 rings (SSSR count). The normalized spacial score (nSPS) is 15.1. The molecule has 0 radical (unpaired) electrons. The summed E-state index contributed by atoms with van der Waals surface area (Å²) in [6.07, 6.45) is 6.39. The number of urea groups is 1. The van der Waals surface area contributed by atoms with E-state index >= 15 is 0 Å². The Bertz CT molecular complexity index is 1070. The van der Waals surface area contributed by atoms with Gasteiger partial charge in [-0.15, -0.1) is 0 Å². The van der Waals surface area contributed by atoms with Crippen molar-refractivity contribution in [3.05, 3.63) is 65.0 Å². The van der Waals surface area contributed by atoms with Crippen LogP contribution < -0.4 is 14.8 Å². The molecule has 4 amide bonds. The second-order valence-electron chi connectivity index (χ2n) is 10.1. The lowest BCUT2D eigenvalue weighted by Gasteiger charge is -2.22. The highest BCUT2D eigenvalue weighted by molar-refractivity contribution is 7.96. The van der Waals surface area contributed by atoms with Crippen LogP contribution in [0.1, 0.15) is 75.5 Å². The number of anilines is 1. The number of carbonyl (C=O) groups is 3. The van der Waals surface area contributed by atoms with Gasteiger partial charge in [0.05, 0.1) is 18.7 Å². The highest BCUT2D eigenvalue weighted by atomic mass is 32.2. The Morgan fingerprint density at radius 1 is 1.05 bits per heavy atom. The first-order valence-corrected chi connectivity index (χ1v) is 13.2. The molecule has 0 bridgehead atoms. The number of benzene rings is 2. The van der Waals surface area contributed by atoms with Crippen molar-refractivity contribution in [1.29, 1.82) is 0 Å². The fourth-order valence-corrected chi connectivity index (χ4v) is 4.63. The van der Waals surface area contributed by atoms with Crippen LogP contribution in [-0.2, 0) is 22.6 Å². The van der Waals surface area contributed by atoms with Crippen LogP contribution in [0.5, 0.6) is 0 Å². The van der Waals surface area contributed by atoms with Crippen molar-refractivity contribution in [1.82, 2.24) is 14.3 Å². The molecule has 1 aliphatic carbocycles. The third-order valence-electron chi connectivity index (χ3n) is 6.09. The maximum atomic E-state index is 13.8. The summed E-state index contributed by atoms with van der Waals surface area (Å²) >= 11 is 0.759. The van der Waals surface area contributed by atoms with Crippen LogP contribution in [0.3, 0.4) is 0 Å². The van der Waals surface area contributed by atoms with E-state index in [1.807, 2.05) is 18.2 Å². The molecular weight excluding hydrogens is 495 g/mol. The lowest BCUT2D eigenvalue weighted by atomic mass is 9.84. The van der Waals surface area contributed by atoms with Crippen molar-refractivity contribution < 1.29 is 23.5 Å². The number of carbonyl (C=O) groups excluding carboxylic acids is 3. The number of nitrogens with one attached hydrogen (secondary N) is 3. The summed E-state index contributed by atoms with van der Waals surface area (Å²) in [5.41, 5.74) is 3.16. The van der Waals surface area contributed by atoms with Gasteiger partial charge in [0, 0.05) is 17.8 Å². The van der Waals surface area contributed by atoms with Crippen molar-refractivity contribution in [3.63, 3.8) is 0 Å². The summed E-state index contributed by atoms with van der Waals surface area (Å²) in [6, 6.07) is 13.1. The van der Waals surface area contributed by atoms with E-state index in [2.05, 4.69) is 26.9 Å². The number of hydrogen-bond donors (Lipinski definition) is 3. The number of amides is 4. The van der Waals surface area contributed by atoms with Gasteiger partial charge in [-0.1, -0.05) is 43.5 Å². The molecule has 200 valence electrons. The average Bonchev–Trinajstić information content (AvgIpc) is 3.31. The number of nitrogens with zero attached hydrogens (tertiary/aromatic N) is 1. The third-order valence-corrected chi connectivity index (χ3v) is 6.57. The van der Waals surface area contributed by atoms with E-state index in [0.717, 1.165) is 23.4 Å². The van der Waals surface area contributed by atoms with E-state index in [9.17, 15) is 18.8 Å². The summed E-state index contributed by atoms with van der Waals surface area (Å²) in [5, 5.41) is 2.93. The summed E-state index contributed by atoms with van der Waals surface area (Å²) in [7, 11) is 0. The predicted octanol–water partition coefficient (Wildman–Crippen LogP) is 6.24. The average molecular weight is 531 g/mol. The lowest BCUT2D eigenvalue weighted by Crippen LogP contribution is -2.30. The molecule has 2 aromatic rings. The van der Waals surface area contributed by atoms with E-state index < -0.39 is 11.7 Å². The van der Waals surface area contributed by atoms with Gasteiger partial charge in [0.25, 0.3) is 0 Å². The van der Waals surface area contributed by atoms with Gasteiger partial charge in [-0.3, -0.25) is 9.52 Å². The van der Waals surface area contributed by atoms with Gasteiger partial charge < -0.3 is 15.0 Å². The molecule has 10 heteroatoms. The van der Waals surface area contributed by atoms with E-state index in [4.69, 9.17) is 4.74 Å². The van der Waals surface area contributed by atoms with Gasteiger partial charge in [0.15, 0.2) is 0 Å². The summed E-state index contributed by atoms with van der Waals surface area (Å²) < 4.78 is 23.1. The Morgan fingerprint density at radius 3 is 2.38 bits per heavy atom. The number of fused-ring (bicyclic) bond motifs is 1. The quantitative estimate of drug-likeness (QED) is 0.241. The monoisotopic (exact) mass is 530 g/mol. The summed E-state index contributed by atoms with van der Waals surface area (Å²) in [6.45, 7) is 6.05. The Hall–Kier alpha value is -3.27. The van der Waals surface area contributed by atoms with Gasteiger partial charge in [-0.2, -0.15) is 0 Å². The molecule has 1 saturated carbocycles. The van der Waals surface area contributed by atoms with Crippen LogP contribution in [0.25, 0.3) is 0 Å². The summed E-state index contributed by atoms with van der Waals surface area (Å²) in [4.78, 5) is 34.7. The maximum Gasteiger partial charge on any atom is 0.419 e. The van der Waals surface area contributed by atoms with Crippen LogP contribution in [0, 0.1) is 5.82 Å². The smallest absolute Gasteiger partial charge is 0.419 e. The van der Waals surface area contributed by atoms with Gasteiger partial charge >= 0.3 is 12.1 Å². The van der Waals surface area contributed by atoms with Gasteiger partial charge in [-0.05, 0) is 68.9 Å². The van der Waals surface area contributed by atoms with Crippen LogP contribution in [-0.4, -0.2) is 29.0 Å². The van der Waals surface area contributed by atoms with Crippen molar-refractivity contribution in [2.75, 3.05) is 5.32 Å². The van der Waals surface area contributed by atoms with Crippen molar-refractivity contribution in [2.24, 2.45) is 0 Å². The molecule has 2 aliphatic rings. The molecule has 0 unspecified atom stereocenters. The van der Waals surface area contributed by atoms with Crippen LogP contribution in [0.15, 0.2) is 42.5 Å². The largest absolute Gasteiger partial charge is 0.443 e. The predicted molar refractivity (Wildman–Crippen MR) is 143 cm³/mol. The molecule has 0 spiro atoms. The second-order valence-corrected chi connectivity index (χ2v) is 10.7. The van der Waals surface area contributed by atoms with Crippen molar-refractivity contribution in [3.8, 4) is 0 Å². The van der Waals surface area contributed by atoms with Crippen LogP contribution in [0.2, 0.25) is 0 Å².